The fourth-order valence-corrected chi connectivity index (χ4v) is 2.14. The molecule has 3 N–H and O–H groups in total. The topological polar surface area (TPSA) is 74.8 Å². The Morgan fingerprint density at radius 2 is 1.85 bits per heavy atom. The summed E-state index contributed by atoms with van der Waals surface area (Å²) < 4.78 is 5.53. The van der Waals surface area contributed by atoms with Gasteiger partial charge in [-0.3, -0.25) is 9.79 Å². The van der Waals surface area contributed by atoms with Crippen LogP contribution in [0.2, 0.25) is 0 Å². The first kappa shape index (κ1) is 24.7. The molecule has 7 heteroatoms. The van der Waals surface area contributed by atoms with Crippen LogP contribution in [-0.4, -0.2) is 51.8 Å². The van der Waals surface area contributed by atoms with E-state index in [1.54, 1.807) is 7.05 Å². The Balaban J connectivity index is 0.00000625. The third-order valence-corrected chi connectivity index (χ3v) is 3.43. The van der Waals surface area contributed by atoms with Crippen LogP contribution in [0.4, 0.5) is 0 Å². The standard InChI is InChI=1S/C19H32N4O2.HI/c1-16(2)15-25-13-7-11-22-19(20-3)23-14-18(24)21-12-10-17-8-5-4-6-9-17;/h4-6,8-9,16H,7,10-15H2,1-3H3,(H,21,24)(H2,20,22,23);1H. The van der Waals surface area contributed by atoms with Gasteiger partial charge in [-0.15, -0.1) is 24.0 Å². The molecule has 1 aromatic carbocycles. The van der Waals surface area contributed by atoms with Crippen molar-refractivity contribution in [1.29, 1.82) is 0 Å². The van der Waals surface area contributed by atoms with Crippen molar-refractivity contribution in [2.75, 3.05) is 39.9 Å². The number of carbonyl (C=O) groups excluding carboxylic acids is 1. The first-order valence-corrected chi connectivity index (χ1v) is 8.94. The smallest absolute Gasteiger partial charge is 0.239 e. The SMILES string of the molecule is CN=C(NCCCOCC(C)C)NCC(=O)NCCc1ccccc1.I. The van der Waals surface area contributed by atoms with E-state index in [9.17, 15) is 4.79 Å². The van der Waals surface area contributed by atoms with Gasteiger partial charge in [-0.1, -0.05) is 44.2 Å². The molecule has 26 heavy (non-hydrogen) atoms. The van der Waals surface area contributed by atoms with E-state index in [2.05, 4.69) is 46.9 Å². The number of hydrogen-bond acceptors (Lipinski definition) is 3. The summed E-state index contributed by atoms with van der Waals surface area (Å²) in [6.45, 7) is 7.37. The molecule has 0 unspecified atom stereocenters. The maximum Gasteiger partial charge on any atom is 0.239 e. The molecule has 0 aliphatic rings. The average Bonchev–Trinajstić information content (AvgIpc) is 2.61. The van der Waals surface area contributed by atoms with Crippen LogP contribution >= 0.6 is 24.0 Å². The fourth-order valence-electron chi connectivity index (χ4n) is 2.14. The van der Waals surface area contributed by atoms with Crippen molar-refractivity contribution in [2.45, 2.75) is 26.7 Å². The second-order valence-corrected chi connectivity index (χ2v) is 6.26. The molecule has 0 aromatic heterocycles. The van der Waals surface area contributed by atoms with Crippen LogP contribution in [0.25, 0.3) is 0 Å². The Labute approximate surface area is 174 Å². The molecule has 0 heterocycles. The Bertz CT molecular complexity index is 510. The number of carbonyl (C=O) groups is 1. The molecule has 0 saturated carbocycles. The summed E-state index contributed by atoms with van der Waals surface area (Å²) in [4.78, 5) is 16.0. The Kier molecular flexibility index (Phi) is 15.0. The second kappa shape index (κ2) is 15.9. The molecule has 0 aliphatic carbocycles. The fraction of sp³-hybridized carbons (Fsp3) is 0.579. The van der Waals surface area contributed by atoms with E-state index >= 15 is 0 Å². The largest absolute Gasteiger partial charge is 0.381 e. The van der Waals surface area contributed by atoms with E-state index in [4.69, 9.17) is 4.74 Å². The number of rotatable bonds is 11. The molecule has 0 atom stereocenters. The summed E-state index contributed by atoms with van der Waals surface area (Å²) in [5, 5.41) is 9.09. The van der Waals surface area contributed by atoms with Gasteiger partial charge >= 0.3 is 0 Å². The number of nitrogens with one attached hydrogen (secondary N) is 3. The molecule has 6 nitrogen and oxygen atoms in total. The van der Waals surface area contributed by atoms with Crippen LogP contribution in [0.3, 0.4) is 0 Å². The van der Waals surface area contributed by atoms with Crippen molar-refractivity contribution in [1.82, 2.24) is 16.0 Å². The summed E-state index contributed by atoms with van der Waals surface area (Å²) in [6.07, 6.45) is 1.73. The van der Waals surface area contributed by atoms with Gasteiger partial charge in [-0.05, 0) is 24.3 Å². The zero-order valence-electron chi connectivity index (χ0n) is 16.1. The number of guanidine groups is 1. The number of halogens is 1. The number of hydrogen-bond donors (Lipinski definition) is 3. The van der Waals surface area contributed by atoms with Crippen molar-refractivity contribution in [3.8, 4) is 0 Å². The van der Waals surface area contributed by atoms with Gasteiger partial charge < -0.3 is 20.7 Å². The van der Waals surface area contributed by atoms with Crippen molar-refractivity contribution in [3.63, 3.8) is 0 Å². The lowest BCUT2D eigenvalue weighted by Gasteiger charge is -2.12. The van der Waals surface area contributed by atoms with Crippen LogP contribution in [0, 0.1) is 5.92 Å². The average molecular weight is 476 g/mol. The van der Waals surface area contributed by atoms with Gasteiger partial charge in [-0.25, -0.2) is 0 Å². The zero-order valence-corrected chi connectivity index (χ0v) is 18.4. The molecule has 1 aromatic rings. The van der Waals surface area contributed by atoms with Gasteiger partial charge in [0.25, 0.3) is 0 Å². The van der Waals surface area contributed by atoms with Crippen LogP contribution in [0.15, 0.2) is 35.3 Å². The molecule has 148 valence electrons. The maximum absolute atomic E-state index is 11.9. The minimum absolute atomic E-state index is 0. The summed E-state index contributed by atoms with van der Waals surface area (Å²) in [6, 6.07) is 10.1. The first-order chi connectivity index (χ1) is 12.1. The minimum Gasteiger partial charge on any atom is -0.381 e. The molecule has 0 spiro atoms. The second-order valence-electron chi connectivity index (χ2n) is 6.26. The number of ether oxygens (including phenoxy) is 1. The lowest BCUT2D eigenvalue weighted by molar-refractivity contribution is -0.119. The van der Waals surface area contributed by atoms with Crippen molar-refractivity contribution >= 4 is 35.8 Å². The number of nitrogens with zero attached hydrogens (tertiary/aromatic N) is 1. The van der Waals surface area contributed by atoms with Gasteiger partial charge in [0.15, 0.2) is 5.96 Å². The monoisotopic (exact) mass is 476 g/mol. The van der Waals surface area contributed by atoms with Crippen LogP contribution in [-0.2, 0) is 16.0 Å². The molecule has 0 bridgehead atoms. The lowest BCUT2D eigenvalue weighted by atomic mass is 10.1. The number of benzene rings is 1. The van der Waals surface area contributed by atoms with Gasteiger partial charge in [-0.2, -0.15) is 0 Å². The van der Waals surface area contributed by atoms with Gasteiger partial charge in [0.05, 0.1) is 6.54 Å². The van der Waals surface area contributed by atoms with Crippen molar-refractivity contribution in [2.24, 2.45) is 10.9 Å². The van der Waals surface area contributed by atoms with E-state index in [1.807, 2.05) is 18.2 Å². The number of amides is 1. The minimum atomic E-state index is -0.0425. The first-order valence-electron chi connectivity index (χ1n) is 8.94. The predicted octanol–water partition coefficient (Wildman–Crippen LogP) is 2.19. The predicted molar refractivity (Wildman–Crippen MR) is 118 cm³/mol. The molecule has 1 amide bonds. The summed E-state index contributed by atoms with van der Waals surface area (Å²) >= 11 is 0. The maximum atomic E-state index is 11.9. The molecular weight excluding hydrogens is 443 g/mol. The highest BCUT2D eigenvalue weighted by Crippen LogP contribution is 1.97. The third kappa shape index (κ3) is 12.9. The highest BCUT2D eigenvalue weighted by molar-refractivity contribution is 14.0. The van der Waals surface area contributed by atoms with E-state index in [0.717, 1.165) is 32.6 Å². The van der Waals surface area contributed by atoms with Crippen LogP contribution in [0.1, 0.15) is 25.8 Å². The van der Waals surface area contributed by atoms with Crippen molar-refractivity contribution < 1.29 is 9.53 Å². The van der Waals surface area contributed by atoms with Crippen molar-refractivity contribution in [3.05, 3.63) is 35.9 Å². The van der Waals surface area contributed by atoms with Gasteiger partial charge in [0.2, 0.25) is 5.91 Å². The molecular formula is C19H33IN4O2. The van der Waals surface area contributed by atoms with E-state index in [1.165, 1.54) is 5.56 Å². The summed E-state index contributed by atoms with van der Waals surface area (Å²) in [5.74, 6) is 1.14. The van der Waals surface area contributed by atoms with E-state index in [-0.39, 0.29) is 36.4 Å². The quantitative estimate of drug-likeness (QED) is 0.198. The lowest BCUT2D eigenvalue weighted by Crippen LogP contribution is -2.43. The zero-order chi connectivity index (χ0) is 18.3. The Morgan fingerprint density at radius 1 is 1.12 bits per heavy atom. The molecule has 0 saturated heterocycles. The summed E-state index contributed by atoms with van der Waals surface area (Å²) in [7, 11) is 1.69. The third-order valence-electron chi connectivity index (χ3n) is 3.43. The van der Waals surface area contributed by atoms with E-state index in [0.29, 0.717) is 18.4 Å². The molecule has 0 fully saturated rings. The van der Waals surface area contributed by atoms with Crippen LogP contribution in [0.5, 0.6) is 0 Å². The highest BCUT2D eigenvalue weighted by atomic mass is 127. The Morgan fingerprint density at radius 3 is 2.50 bits per heavy atom. The Hall–Kier alpha value is -1.35. The van der Waals surface area contributed by atoms with Crippen LogP contribution < -0.4 is 16.0 Å². The molecule has 1 rings (SSSR count). The highest BCUT2D eigenvalue weighted by Gasteiger charge is 2.03. The molecule has 0 radical (unpaired) electrons. The van der Waals surface area contributed by atoms with Gasteiger partial charge in [0, 0.05) is 33.4 Å². The van der Waals surface area contributed by atoms with Gasteiger partial charge in [0.1, 0.15) is 0 Å². The summed E-state index contributed by atoms with van der Waals surface area (Å²) in [5.41, 5.74) is 1.22. The number of aliphatic imine (C=N–C) groups is 1. The molecule has 0 aliphatic heterocycles. The van der Waals surface area contributed by atoms with E-state index < -0.39 is 0 Å². The normalized spacial score (nSPS) is 11.0.